The molecule has 0 N–H and O–H groups in total. The highest BCUT2D eigenvalue weighted by Crippen LogP contribution is 2.58. The molecule has 5 atom stereocenters. The van der Waals surface area contributed by atoms with Gasteiger partial charge in [0.1, 0.15) is 0 Å². The van der Waals surface area contributed by atoms with Crippen LogP contribution in [0.1, 0.15) is 49.3 Å². The molecule has 0 heterocycles. The van der Waals surface area contributed by atoms with Gasteiger partial charge in [-0.1, -0.05) is 32.0 Å². The summed E-state index contributed by atoms with van der Waals surface area (Å²) >= 11 is 12.0. The largest absolute Gasteiger partial charge is 0.122 e. The summed E-state index contributed by atoms with van der Waals surface area (Å²) in [6, 6.07) is 6.76. The minimum atomic E-state index is 0.588. The van der Waals surface area contributed by atoms with E-state index in [2.05, 4.69) is 32.0 Å². The molecule has 1 aromatic carbocycles. The summed E-state index contributed by atoms with van der Waals surface area (Å²) in [5, 5.41) is 0. The maximum absolute atomic E-state index is 6.02. The van der Waals surface area contributed by atoms with Gasteiger partial charge in [-0.15, -0.1) is 23.2 Å². The first-order valence-electron chi connectivity index (χ1n) is 7.38. The topological polar surface area (TPSA) is 0 Å². The Labute approximate surface area is 126 Å². The monoisotopic (exact) mass is 296 g/mol. The molecule has 2 aliphatic carbocycles. The molecule has 2 unspecified atom stereocenters. The number of alkyl halides is 2. The first-order valence-corrected chi connectivity index (χ1v) is 8.45. The second-order valence-corrected chi connectivity index (χ2v) is 7.10. The molecular formula is C17H22Cl2. The predicted octanol–water partition coefficient (Wildman–Crippen LogP) is 5.56. The minimum Gasteiger partial charge on any atom is -0.122 e. The van der Waals surface area contributed by atoms with Gasteiger partial charge in [-0.05, 0) is 59.1 Å². The van der Waals surface area contributed by atoms with Gasteiger partial charge in [0.25, 0.3) is 0 Å². The first kappa shape index (κ1) is 13.8. The second-order valence-electron chi connectivity index (χ2n) is 6.57. The van der Waals surface area contributed by atoms with Gasteiger partial charge in [0.05, 0.1) is 0 Å². The van der Waals surface area contributed by atoms with Gasteiger partial charge < -0.3 is 0 Å². The van der Waals surface area contributed by atoms with Crippen LogP contribution in [0.5, 0.6) is 0 Å². The molecule has 0 amide bonds. The van der Waals surface area contributed by atoms with Crippen LogP contribution in [-0.2, 0) is 11.8 Å². The van der Waals surface area contributed by atoms with Crippen LogP contribution < -0.4 is 0 Å². The quantitative estimate of drug-likeness (QED) is 0.641. The van der Waals surface area contributed by atoms with Crippen molar-refractivity contribution in [3.63, 3.8) is 0 Å². The molecule has 2 aliphatic rings. The van der Waals surface area contributed by atoms with E-state index >= 15 is 0 Å². The Hall–Kier alpha value is -0.200. The van der Waals surface area contributed by atoms with Crippen molar-refractivity contribution >= 4 is 23.2 Å². The Balaban J connectivity index is 1.91. The summed E-state index contributed by atoms with van der Waals surface area (Å²) in [5.74, 6) is 5.49. The van der Waals surface area contributed by atoms with Crippen molar-refractivity contribution in [1.82, 2.24) is 0 Å². The van der Waals surface area contributed by atoms with Crippen molar-refractivity contribution in [3.8, 4) is 0 Å². The van der Waals surface area contributed by atoms with Gasteiger partial charge in [-0.2, -0.15) is 0 Å². The SMILES string of the molecule is CC1C(C)[C@H]2C[C@@H]1C[C@@H]2c1cc(CCl)cc(CCl)c1. The third-order valence-corrected chi connectivity index (χ3v) is 6.33. The summed E-state index contributed by atoms with van der Waals surface area (Å²) in [6.45, 7) is 4.88. The molecule has 0 spiro atoms. The molecule has 104 valence electrons. The van der Waals surface area contributed by atoms with Gasteiger partial charge in [-0.25, -0.2) is 0 Å². The molecule has 2 heteroatoms. The fraction of sp³-hybridized carbons (Fsp3) is 0.647. The third-order valence-electron chi connectivity index (χ3n) is 5.71. The average molecular weight is 297 g/mol. The number of benzene rings is 1. The van der Waals surface area contributed by atoms with E-state index in [0.29, 0.717) is 11.8 Å². The van der Waals surface area contributed by atoms with E-state index in [-0.39, 0.29) is 0 Å². The standard InChI is InChI=1S/C17H22Cl2/c1-10-11(2)16-6-14(10)7-17(16)15-4-12(8-18)3-13(5-15)9-19/h3-5,10-11,14,16-17H,6-9H2,1-2H3/t10?,11?,14-,16-,17-/m1/s1. The Morgan fingerprint density at radius 1 is 0.947 bits per heavy atom. The molecule has 2 bridgehead atoms. The van der Waals surface area contributed by atoms with Crippen LogP contribution >= 0.6 is 23.2 Å². The fourth-order valence-electron chi connectivity index (χ4n) is 4.48. The molecule has 1 aromatic rings. The lowest BCUT2D eigenvalue weighted by Crippen LogP contribution is -2.23. The van der Waals surface area contributed by atoms with Crippen molar-refractivity contribution in [2.75, 3.05) is 0 Å². The number of halogens is 2. The van der Waals surface area contributed by atoms with Crippen molar-refractivity contribution in [1.29, 1.82) is 0 Å². The molecule has 2 saturated carbocycles. The molecule has 19 heavy (non-hydrogen) atoms. The van der Waals surface area contributed by atoms with Gasteiger partial charge in [-0.3, -0.25) is 0 Å². The lowest BCUT2D eigenvalue weighted by atomic mass is 9.73. The number of rotatable bonds is 3. The van der Waals surface area contributed by atoms with E-state index in [1.165, 1.54) is 29.5 Å². The smallest absolute Gasteiger partial charge is 0.0474 e. The molecular weight excluding hydrogens is 275 g/mol. The number of hydrogen-bond donors (Lipinski definition) is 0. The lowest BCUT2D eigenvalue weighted by Gasteiger charge is -2.32. The maximum Gasteiger partial charge on any atom is 0.0474 e. The van der Waals surface area contributed by atoms with E-state index in [4.69, 9.17) is 23.2 Å². The van der Waals surface area contributed by atoms with E-state index in [1.54, 1.807) is 0 Å². The Morgan fingerprint density at radius 3 is 2.05 bits per heavy atom. The summed E-state index contributed by atoms with van der Waals surface area (Å²) < 4.78 is 0. The number of fused-ring (bicyclic) bond motifs is 2. The van der Waals surface area contributed by atoms with Gasteiger partial charge in [0.15, 0.2) is 0 Å². The molecule has 0 aromatic heterocycles. The van der Waals surface area contributed by atoms with Crippen molar-refractivity contribution in [3.05, 3.63) is 34.9 Å². The highest BCUT2D eigenvalue weighted by molar-refractivity contribution is 6.17. The first-order chi connectivity index (χ1) is 9.13. The van der Waals surface area contributed by atoms with Crippen LogP contribution in [0.2, 0.25) is 0 Å². The van der Waals surface area contributed by atoms with E-state index < -0.39 is 0 Å². The van der Waals surface area contributed by atoms with Crippen LogP contribution in [0.4, 0.5) is 0 Å². The summed E-state index contributed by atoms with van der Waals surface area (Å²) in [6.07, 6.45) is 2.79. The van der Waals surface area contributed by atoms with Crippen molar-refractivity contribution in [2.45, 2.75) is 44.4 Å². The van der Waals surface area contributed by atoms with Crippen molar-refractivity contribution < 1.29 is 0 Å². The molecule has 0 radical (unpaired) electrons. The molecule has 0 aliphatic heterocycles. The average Bonchev–Trinajstić information content (AvgIpc) is 2.99. The number of hydrogen-bond acceptors (Lipinski definition) is 0. The zero-order valence-corrected chi connectivity index (χ0v) is 13.2. The van der Waals surface area contributed by atoms with Gasteiger partial charge in [0, 0.05) is 11.8 Å². The molecule has 0 nitrogen and oxygen atoms in total. The van der Waals surface area contributed by atoms with E-state index in [0.717, 1.165) is 29.6 Å². The van der Waals surface area contributed by atoms with Crippen molar-refractivity contribution in [2.24, 2.45) is 23.7 Å². The Kier molecular flexibility index (Phi) is 3.84. The lowest BCUT2D eigenvalue weighted by molar-refractivity contribution is 0.232. The summed E-state index contributed by atoms with van der Waals surface area (Å²) in [4.78, 5) is 0. The zero-order chi connectivity index (χ0) is 13.6. The van der Waals surface area contributed by atoms with E-state index in [1.807, 2.05) is 0 Å². The van der Waals surface area contributed by atoms with Crippen LogP contribution in [0.25, 0.3) is 0 Å². The normalized spacial score (nSPS) is 36.9. The third kappa shape index (κ3) is 2.32. The second kappa shape index (κ2) is 5.30. The van der Waals surface area contributed by atoms with E-state index in [9.17, 15) is 0 Å². The Bertz CT molecular complexity index is 444. The van der Waals surface area contributed by atoms with Crippen LogP contribution in [0.3, 0.4) is 0 Å². The molecule has 2 fully saturated rings. The highest BCUT2D eigenvalue weighted by atomic mass is 35.5. The summed E-state index contributed by atoms with van der Waals surface area (Å²) in [7, 11) is 0. The zero-order valence-electron chi connectivity index (χ0n) is 11.7. The maximum atomic E-state index is 6.02. The molecule has 3 rings (SSSR count). The Morgan fingerprint density at radius 2 is 1.58 bits per heavy atom. The van der Waals surface area contributed by atoms with Crippen LogP contribution in [0, 0.1) is 23.7 Å². The van der Waals surface area contributed by atoms with Gasteiger partial charge in [0.2, 0.25) is 0 Å². The fourth-order valence-corrected chi connectivity index (χ4v) is 4.79. The van der Waals surface area contributed by atoms with Crippen LogP contribution in [-0.4, -0.2) is 0 Å². The minimum absolute atomic E-state index is 0.588. The van der Waals surface area contributed by atoms with Gasteiger partial charge >= 0.3 is 0 Å². The van der Waals surface area contributed by atoms with Crippen LogP contribution in [0.15, 0.2) is 18.2 Å². The highest BCUT2D eigenvalue weighted by Gasteiger charge is 2.48. The molecule has 0 saturated heterocycles. The predicted molar refractivity (Wildman–Crippen MR) is 82.8 cm³/mol. The summed E-state index contributed by atoms with van der Waals surface area (Å²) in [5.41, 5.74) is 3.93.